The third kappa shape index (κ3) is 4.81. The fourth-order valence-corrected chi connectivity index (χ4v) is 1.38. The molecule has 0 heterocycles. The van der Waals surface area contributed by atoms with Crippen molar-refractivity contribution in [3.05, 3.63) is 34.9 Å². The molecule has 3 nitrogen and oxygen atoms in total. The molecule has 0 unspecified atom stereocenters. The molecule has 1 N–H and O–H groups in total. The van der Waals surface area contributed by atoms with E-state index in [-0.39, 0.29) is 12.5 Å². The highest BCUT2D eigenvalue weighted by Gasteiger charge is 2.00. The molecule has 1 rings (SSSR count). The minimum Gasteiger partial charge on any atom is -0.464 e. The topological polar surface area (TPSA) is 38.3 Å². The molecule has 0 aromatic heterocycles. The Morgan fingerprint density at radius 2 is 2.33 bits per heavy atom. The van der Waals surface area contributed by atoms with E-state index >= 15 is 0 Å². The van der Waals surface area contributed by atoms with Crippen molar-refractivity contribution >= 4 is 17.6 Å². The SMILES string of the molecule is CNCC(=O)OCCc1cccc(Cl)c1. The number of carbonyl (C=O) groups excluding carboxylic acids is 1. The zero-order valence-electron chi connectivity index (χ0n) is 8.63. The van der Waals surface area contributed by atoms with E-state index in [1.165, 1.54) is 0 Å². The summed E-state index contributed by atoms with van der Waals surface area (Å²) in [5.41, 5.74) is 1.07. The Labute approximate surface area is 94.4 Å². The molecule has 82 valence electrons. The maximum absolute atomic E-state index is 11.0. The number of carbonyl (C=O) groups is 1. The molecule has 1 aromatic carbocycles. The van der Waals surface area contributed by atoms with Crippen LogP contribution < -0.4 is 5.32 Å². The molecule has 0 fully saturated rings. The highest BCUT2D eigenvalue weighted by atomic mass is 35.5. The van der Waals surface area contributed by atoms with Crippen molar-refractivity contribution < 1.29 is 9.53 Å². The van der Waals surface area contributed by atoms with E-state index in [0.29, 0.717) is 18.1 Å². The molecule has 0 aliphatic rings. The molecule has 0 atom stereocenters. The number of ether oxygens (including phenoxy) is 1. The smallest absolute Gasteiger partial charge is 0.319 e. The number of hydrogen-bond acceptors (Lipinski definition) is 3. The molecule has 15 heavy (non-hydrogen) atoms. The van der Waals surface area contributed by atoms with Gasteiger partial charge in [0.25, 0.3) is 0 Å². The van der Waals surface area contributed by atoms with Gasteiger partial charge < -0.3 is 10.1 Å². The average Bonchev–Trinajstić information content (AvgIpc) is 2.18. The summed E-state index contributed by atoms with van der Waals surface area (Å²) in [5, 5.41) is 3.43. The van der Waals surface area contributed by atoms with Gasteiger partial charge in [0, 0.05) is 11.4 Å². The molecule has 0 amide bonds. The van der Waals surface area contributed by atoms with Crippen LogP contribution in [0.1, 0.15) is 5.56 Å². The van der Waals surface area contributed by atoms with Gasteiger partial charge >= 0.3 is 5.97 Å². The average molecular weight is 228 g/mol. The van der Waals surface area contributed by atoms with Gasteiger partial charge in [-0.25, -0.2) is 0 Å². The van der Waals surface area contributed by atoms with Gasteiger partial charge in [0.15, 0.2) is 0 Å². The Morgan fingerprint density at radius 3 is 3.00 bits per heavy atom. The molecule has 0 radical (unpaired) electrons. The minimum absolute atomic E-state index is 0.237. The summed E-state index contributed by atoms with van der Waals surface area (Å²) in [6.07, 6.45) is 0.690. The normalized spacial score (nSPS) is 10.0. The van der Waals surface area contributed by atoms with Gasteiger partial charge in [-0.05, 0) is 24.7 Å². The Hall–Kier alpha value is -1.06. The van der Waals surface area contributed by atoms with Gasteiger partial charge in [-0.15, -0.1) is 0 Å². The van der Waals surface area contributed by atoms with Crippen LogP contribution >= 0.6 is 11.6 Å². The molecule has 0 bridgehead atoms. The van der Waals surface area contributed by atoms with E-state index in [1.807, 2.05) is 24.3 Å². The number of esters is 1. The van der Waals surface area contributed by atoms with Crippen LogP contribution in [-0.4, -0.2) is 26.2 Å². The summed E-state index contributed by atoms with van der Waals surface area (Å²) in [4.78, 5) is 11.0. The van der Waals surface area contributed by atoms with Crippen LogP contribution in [0.25, 0.3) is 0 Å². The first-order valence-corrected chi connectivity index (χ1v) is 5.15. The van der Waals surface area contributed by atoms with Crippen molar-refractivity contribution in [3.8, 4) is 0 Å². The maximum atomic E-state index is 11.0. The summed E-state index contributed by atoms with van der Waals surface area (Å²) >= 11 is 5.82. The molecule has 1 aromatic rings. The molecular formula is C11H14ClNO2. The zero-order chi connectivity index (χ0) is 11.1. The fraction of sp³-hybridized carbons (Fsp3) is 0.364. The van der Waals surface area contributed by atoms with Gasteiger partial charge in [0.2, 0.25) is 0 Å². The van der Waals surface area contributed by atoms with Gasteiger partial charge in [0.05, 0.1) is 13.2 Å². The molecule has 0 aliphatic carbocycles. The van der Waals surface area contributed by atoms with E-state index in [9.17, 15) is 4.79 Å². The Kier molecular flexibility index (Phi) is 5.15. The Bertz CT molecular complexity index is 328. The summed E-state index contributed by atoms with van der Waals surface area (Å²) in [5.74, 6) is -0.237. The summed E-state index contributed by atoms with van der Waals surface area (Å²) in [6.45, 7) is 0.635. The number of halogens is 1. The van der Waals surface area contributed by atoms with Crippen molar-refractivity contribution in [1.82, 2.24) is 5.32 Å². The second kappa shape index (κ2) is 6.43. The first kappa shape index (κ1) is 12.0. The predicted molar refractivity (Wildman–Crippen MR) is 60.0 cm³/mol. The second-order valence-corrected chi connectivity index (χ2v) is 3.57. The number of likely N-dealkylation sites (N-methyl/N-ethyl adjacent to an activating group) is 1. The largest absolute Gasteiger partial charge is 0.464 e. The van der Waals surface area contributed by atoms with Crippen LogP contribution in [-0.2, 0) is 16.0 Å². The van der Waals surface area contributed by atoms with Crippen molar-refractivity contribution in [2.24, 2.45) is 0 Å². The minimum atomic E-state index is -0.237. The third-order valence-corrected chi connectivity index (χ3v) is 2.10. The number of benzene rings is 1. The molecule has 0 saturated heterocycles. The van der Waals surface area contributed by atoms with Crippen LogP contribution in [0.2, 0.25) is 5.02 Å². The van der Waals surface area contributed by atoms with Crippen LogP contribution in [0, 0.1) is 0 Å². The Morgan fingerprint density at radius 1 is 1.53 bits per heavy atom. The molecule has 4 heteroatoms. The lowest BCUT2D eigenvalue weighted by molar-refractivity contribution is -0.142. The van der Waals surface area contributed by atoms with Crippen LogP contribution in [0.3, 0.4) is 0 Å². The first-order valence-electron chi connectivity index (χ1n) is 4.77. The molecule has 0 saturated carbocycles. The highest BCUT2D eigenvalue weighted by molar-refractivity contribution is 6.30. The van der Waals surface area contributed by atoms with Gasteiger partial charge in [-0.1, -0.05) is 23.7 Å². The van der Waals surface area contributed by atoms with Crippen LogP contribution in [0.4, 0.5) is 0 Å². The first-order chi connectivity index (χ1) is 7.22. The lowest BCUT2D eigenvalue weighted by atomic mass is 10.2. The second-order valence-electron chi connectivity index (χ2n) is 3.13. The standard InChI is InChI=1S/C11H14ClNO2/c1-13-8-11(14)15-6-5-9-3-2-4-10(12)7-9/h2-4,7,13H,5-6,8H2,1H3. The Balaban J connectivity index is 2.28. The zero-order valence-corrected chi connectivity index (χ0v) is 9.38. The van der Waals surface area contributed by atoms with E-state index in [1.54, 1.807) is 7.05 Å². The summed E-state index contributed by atoms with van der Waals surface area (Å²) in [7, 11) is 1.71. The maximum Gasteiger partial charge on any atom is 0.319 e. The van der Waals surface area contributed by atoms with Gasteiger partial charge in [0.1, 0.15) is 0 Å². The van der Waals surface area contributed by atoms with Crippen LogP contribution in [0.5, 0.6) is 0 Å². The van der Waals surface area contributed by atoms with E-state index in [0.717, 1.165) is 5.56 Å². The van der Waals surface area contributed by atoms with E-state index < -0.39 is 0 Å². The number of nitrogens with one attached hydrogen (secondary N) is 1. The molecule has 0 aliphatic heterocycles. The van der Waals surface area contributed by atoms with Crippen molar-refractivity contribution in [2.75, 3.05) is 20.2 Å². The number of rotatable bonds is 5. The number of hydrogen-bond donors (Lipinski definition) is 1. The van der Waals surface area contributed by atoms with Crippen LogP contribution in [0.15, 0.2) is 24.3 Å². The van der Waals surface area contributed by atoms with Gasteiger partial charge in [-0.2, -0.15) is 0 Å². The summed E-state index contributed by atoms with van der Waals surface area (Å²) in [6, 6.07) is 7.52. The van der Waals surface area contributed by atoms with Crippen molar-refractivity contribution in [1.29, 1.82) is 0 Å². The fourth-order valence-electron chi connectivity index (χ4n) is 1.17. The lowest BCUT2D eigenvalue weighted by Crippen LogP contribution is -2.21. The molecular weight excluding hydrogens is 214 g/mol. The quantitative estimate of drug-likeness (QED) is 0.778. The highest BCUT2D eigenvalue weighted by Crippen LogP contribution is 2.10. The lowest BCUT2D eigenvalue weighted by Gasteiger charge is -2.04. The van der Waals surface area contributed by atoms with E-state index in [2.05, 4.69) is 5.32 Å². The third-order valence-electron chi connectivity index (χ3n) is 1.86. The van der Waals surface area contributed by atoms with Gasteiger partial charge in [-0.3, -0.25) is 4.79 Å². The molecule has 0 spiro atoms. The van der Waals surface area contributed by atoms with Crippen molar-refractivity contribution in [3.63, 3.8) is 0 Å². The van der Waals surface area contributed by atoms with Crippen molar-refractivity contribution in [2.45, 2.75) is 6.42 Å². The summed E-state index contributed by atoms with van der Waals surface area (Å²) < 4.78 is 4.98. The van der Waals surface area contributed by atoms with E-state index in [4.69, 9.17) is 16.3 Å². The monoisotopic (exact) mass is 227 g/mol. The predicted octanol–water partition coefficient (Wildman–Crippen LogP) is 1.65.